The van der Waals surface area contributed by atoms with Crippen molar-refractivity contribution in [3.05, 3.63) is 71.7 Å². The van der Waals surface area contributed by atoms with E-state index in [4.69, 9.17) is 5.11 Å². The lowest BCUT2D eigenvalue weighted by atomic mass is 10.1. The number of quaternary nitrogens is 1. The van der Waals surface area contributed by atoms with Gasteiger partial charge in [0.25, 0.3) is 5.91 Å². The van der Waals surface area contributed by atoms with E-state index in [0.29, 0.717) is 36.6 Å². The second-order valence-electron chi connectivity index (χ2n) is 7.69. The number of rotatable bonds is 5. The molecule has 0 atom stereocenters. The first-order valence-electron chi connectivity index (χ1n) is 10.2. The summed E-state index contributed by atoms with van der Waals surface area (Å²) < 4.78 is 15.0. The largest absolute Gasteiger partial charge is 0.391 e. The molecule has 2 N–H and O–H groups in total. The van der Waals surface area contributed by atoms with Crippen LogP contribution < -0.4 is 4.90 Å². The summed E-state index contributed by atoms with van der Waals surface area (Å²) in [5, 5.41) is 13.8. The maximum absolute atomic E-state index is 13.4. The number of halogens is 1. The van der Waals surface area contributed by atoms with E-state index in [1.165, 1.54) is 17.0 Å². The molecule has 2 aromatic carbocycles. The molecule has 2 heterocycles. The minimum absolute atomic E-state index is 0.0537. The van der Waals surface area contributed by atoms with Gasteiger partial charge in [0.05, 0.1) is 44.0 Å². The number of nitrogens with zero attached hydrogens (tertiary/aromatic N) is 3. The molecule has 0 spiro atoms. The molecule has 1 aliphatic heterocycles. The average molecular weight is 409 g/mol. The Balaban J connectivity index is 1.67. The maximum Gasteiger partial charge on any atom is 0.258 e. The molecule has 1 amide bonds. The molecule has 1 saturated heterocycles. The molecule has 6 nitrogen and oxygen atoms in total. The molecule has 156 valence electrons. The molecular weight excluding hydrogens is 383 g/mol. The summed E-state index contributed by atoms with van der Waals surface area (Å²) in [4.78, 5) is 16.5. The van der Waals surface area contributed by atoms with Gasteiger partial charge in [-0.25, -0.2) is 9.07 Å². The van der Waals surface area contributed by atoms with Crippen molar-refractivity contribution in [2.75, 3.05) is 39.3 Å². The number of piperazine rings is 1. The fourth-order valence-electron chi connectivity index (χ4n) is 3.79. The molecular formula is C23H26FN4O2+. The minimum Gasteiger partial charge on any atom is -0.391 e. The van der Waals surface area contributed by atoms with E-state index in [0.717, 1.165) is 24.2 Å². The van der Waals surface area contributed by atoms with Crippen LogP contribution in [0, 0.1) is 12.7 Å². The number of carbonyl (C=O) groups is 1. The van der Waals surface area contributed by atoms with Gasteiger partial charge in [-0.1, -0.05) is 29.8 Å². The maximum atomic E-state index is 13.4. The number of carbonyl (C=O) groups excluding carboxylic acids is 1. The van der Waals surface area contributed by atoms with E-state index in [1.807, 2.05) is 36.1 Å². The topological polar surface area (TPSA) is 62.8 Å². The fourth-order valence-corrected chi connectivity index (χ4v) is 3.79. The van der Waals surface area contributed by atoms with Crippen LogP contribution in [-0.2, 0) is 0 Å². The summed E-state index contributed by atoms with van der Waals surface area (Å²) in [5.41, 5.74) is 3.85. The zero-order valence-corrected chi connectivity index (χ0v) is 17.0. The van der Waals surface area contributed by atoms with Gasteiger partial charge in [-0.05, 0) is 31.2 Å². The SMILES string of the molecule is Cc1ccc(-c2nn(-c3ccc(F)cc3)cc2C(=O)N2CC[NH+](CCO)CC2)cc1. The lowest BCUT2D eigenvalue weighted by Crippen LogP contribution is -3.15. The molecule has 0 radical (unpaired) electrons. The standard InChI is InChI=1S/C23H25FN4O2/c1-17-2-4-18(5-3-17)22-21(16-28(25-22)20-8-6-19(24)7-9-20)23(30)27-12-10-26(11-13-27)14-15-29/h2-9,16,29H,10-15H2,1H3/p+1. The van der Waals surface area contributed by atoms with Gasteiger partial charge in [0.2, 0.25) is 0 Å². The van der Waals surface area contributed by atoms with E-state index in [9.17, 15) is 9.18 Å². The van der Waals surface area contributed by atoms with Crippen LogP contribution in [0.1, 0.15) is 15.9 Å². The van der Waals surface area contributed by atoms with Crippen molar-refractivity contribution >= 4 is 5.91 Å². The quantitative estimate of drug-likeness (QED) is 0.668. The monoisotopic (exact) mass is 409 g/mol. The van der Waals surface area contributed by atoms with E-state index in [-0.39, 0.29) is 18.3 Å². The van der Waals surface area contributed by atoms with E-state index in [1.54, 1.807) is 23.0 Å². The molecule has 7 heteroatoms. The van der Waals surface area contributed by atoms with E-state index < -0.39 is 0 Å². The molecule has 1 aromatic heterocycles. The van der Waals surface area contributed by atoms with Crippen LogP contribution in [0.4, 0.5) is 4.39 Å². The van der Waals surface area contributed by atoms with Crippen LogP contribution in [0.15, 0.2) is 54.7 Å². The van der Waals surface area contributed by atoms with Crippen molar-refractivity contribution in [1.29, 1.82) is 0 Å². The Morgan fingerprint density at radius 2 is 1.77 bits per heavy atom. The molecule has 4 rings (SSSR count). The summed E-state index contributed by atoms with van der Waals surface area (Å²) in [7, 11) is 0. The van der Waals surface area contributed by atoms with Gasteiger partial charge < -0.3 is 14.9 Å². The first-order valence-corrected chi connectivity index (χ1v) is 10.2. The second kappa shape index (κ2) is 8.77. The highest BCUT2D eigenvalue weighted by Crippen LogP contribution is 2.25. The molecule has 30 heavy (non-hydrogen) atoms. The predicted molar refractivity (Wildman–Crippen MR) is 112 cm³/mol. The summed E-state index contributed by atoms with van der Waals surface area (Å²) in [6.07, 6.45) is 1.73. The number of hydrogen-bond acceptors (Lipinski definition) is 3. The third kappa shape index (κ3) is 4.27. The number of nitrogens with one attached hydrogen (secondary N) is 1. The molecule has 0 saturated carbocycles. The molecule has 1 fully saturated rings. The van der Waals surface area contributed by atoms with Crippen LogP contribution in [0.5, 0.6) is 0 Å². The Morgan fingerprint density at radius 1 is 1.10 bits per heavy atom. The molecule has 0 aliphatic carbocycles. The first kappa shape index (κ1) is 20.3. The fraction of sp³-hybridized carbons (Fsp3) is 0.304. The zero-order chi connectivity index (χ0) is 21.1. The third-order valence-corrected chi connectivity index (χ3v) is 5.58. The second-order valence-corrected chi connectivity index (χ2v) is 7.69. The summed E-state index contributed by atoms with van der Waals surface area (Å²) >= 11 is 0. The highest BCUT2D eigenvalue weighted by atomic mass is 19.1. The average Bonchev–Trinajstić information content (AvgIpc) is 3.20. The number of aryl methyl sites for hydroxylation is 1. The molecule has 3 aromatic rings. The highest BCUT2D eigenvalue weighted by molar-refractivity contribution is 6.00. The lowest BCUT2D eigenvalue weighted by Gasteiger charge is -2.31. The number of benzene rings is 2. The van der Waals surface area contributed by atoms with Crippen LogP contribution in [0.25, 0.3) is 16.9 Å². The van der Waals surface area contributed by atoms with Gasteiger partial charge in [0, 0.05) is 11.8 Å². The van der Waals surface area contributed by atoms with Crippen LogP contribution >= 0.6 is 0 Å². The van der Waals surface area contributed by atoms with Crippen molar-refractivity contribution in [1.82, 2.24) is 14.7 Å². The van der Waals surface area contributed by atoms with Crippen LogP contribution in [0.2, 0.25) is 0 Å². The Hall–Kier alpha value is -3.03. The van der Waals surface area contributed by atoms with Crippen molar-refractivity contribution in [3.63, 3.8) is 0 Å². The Labute approximate surface area is 175 Å². The van der Waals surface area contributed by atoms with Crippen molar-refractivity contribution in [2.45, 2.75) is 6.92 Å². The van der Waals surface area contributed by atoms with Gasteiger partial charge in [0.15, 0.2) is 0 Å². The molecule has 1 aliphatic rings. The number of amides is 1. The van der Waals surface area contributed by atoms with Crippen molar-refractivity contribution in [2.24, 2.45) is 0 Å². The Kier molecular flexibility index (Phi) is 5.92. The zero-order valence-electron chi connectivity index (χ0n) is 17.0. The number of aromatic nitrogens is 2. The third-order valence-electron chi connectivity index (χ3n) is 5.58. The van der Waals surface area contributed by atoms with Gasteiger partial charge in [-0.15, -0.1) is 0 Å². The Morgan fingerprint density at radius 3 is 2.40 bits per heavy atom. The number of aliphatic hydroxyl groups is 1. The minimum atomic E-state index is -0.316. The van der Waals surface area contributed by atoms with Gasteiger partial charge in [0.1, 0.15) is 18.1 Å². The summed E-state index contributed by atoms with van der Waals surface area (Å²) in [6, 6.07) is 14.0. The normalized spacial score (nSPS) is 14.8. The predicted octanol–water partition coefficient (Wildman–Crippen LogP) is 1.32. The van der Waals surface area contributed by atoms with Crippen molar-refractivity contribution in [3.8, 4) is 16.9 Å². The summed E-state index contributed by atoms with van der Waals surface area (Å²) in [6.45, 7) is 5.80. The first-order chi connectivity index (χ1) is 14.5. The number of hydrogen-bond donors (Lipinski definition) is 2. The summed E-state index contributed by atoms with van der Waals surface area (Å²) in [5.74, 6) is -0.369. The molecule has 0 unspecified atom stereocenters. The smallest absolute Gasteiger partial charge is 0.258 e. The van der Waals surface area contributed by atoms with Crippen LogP contribution in [0.3, 0.4) is 0 Å². The lowest BCUT2D eigenvalue weighted by molar-refractivity contribution is -0.904. The van der Waals surface area contributed by atoms with Gasteiger partial charge in [-0.3, -0.25) is 4.79 Å². The van der Waals surface area contributed by atoms with Gasteiger partial charge in [-0.2, -0.15) is 5.10 Å². The van der Waals surface area contributed by atoms with Gasteiger partial charge >= 0.3 is 0 Å². The van der Waals surface area contributed by atoms with Crippen LogP contribution in [-0.4, -0.2) is 65.0 Å². The van der Waals surface area contributed by atoms with Crippen molar-refractivity contribution < 1.29 is 19.2 Å². The number of aliphatic hydroxyl groups excluding tert-OH is 1. The van der Waals surface area contributed by atoms with E-state index >= 15 is 0 Å². The van der Waals surface area contributed by atoms with E-state index in [2.05, 4.69) is 5.10 Å². The molecule has 0 bridgehead atoms. The highest BCUT2D eigenvalue weighted by Gasteiger charge is 2.28. The Bertz CT molecular complexity index is 1010.